The first-order valence-corrected chi connectivity index (χ1v) is 11.8. The van der Waals surface area contributed by atoms with Crippen molar-refractivity contribution in [2.24, 2.45) is 0 Å². The number of H-pyrrole nitrogens is 1. The van der Waals surface area contributed by atoms with Gasteiger partial charge in [-0.3, -0.25) is 14.3 Å². The Bertz CT molecular complexity index is 770. The summed E-state index contributed by atoms with van der Waals surface area (Å²) in [6, 6.07) is 1.08. The van der Waals surface area contributed by atoms with E-state index in [9.17, 15) is 9.59 Å². The number of hydrogen-bond acceptors (Lipinski definition) is 4. The molecular formula is C15H26N4O3Si. The number of unbranched alkanes of at least 4 members (excludes halogenated alkanes) is 1. The highest BCUT2D eigenvalue weighted by Crippen LogP contribution is 2.08. The molecule has 7 nitrogen and oxygen atoms in total. The number of rotatable bonds is 8. The predicted octanol–water partition coefficient (Wildman–Crippen LogP) is 2.00. The summed E-state index contributed by atoms with van der Waals surface area (Å²) in [7, 11) is -1.12. The molecule has 0 aliphatic carbocycles. The summed E-state index contributed by atoms with van der Waals surface area (Å²) in [5.74, 6) is 0. The van der Waals surface area contributed by atoms with Crippen LogP contribution in [0.3, 0.4) is 0 Å². The third kappa shape index (κ3) is 4.65. The van der Waals surface area contributed by atoms with Crippen LogP contribution >= 0.6 is 0 Å². The molecule has 2 rings (SSSR count). The van der Waals surface area contributed by atoms with Crippen LogP contribution in [0.2, 0.25) is 25.7 Å². The van der Waals surface area contributed by atoms with Crippen LogP contribution in [0.25, 0.3) is 11.0 Å². The van der Waals surface area contributed by atoms with Gasteiger partial charge in [0.15, 0.2) is 5.65 Å². The van der Waals surface area contributed by atoms with Crippen LogP contribution in [0, 0.1) is 0 Å². The summed E-state index contributed by atoms with van der Waals surface area (Å²) >= 11 is 0. The molecule has 0 amide bonds. The molecule has 128 valence electrons. The third-order valence-electron chi connectivity index (χ3n) is 3.66. The minimum Gasteiger partial charge on any atom is -0.360 e. The number of ether oxygens (including phenoxy) is 1. The van der Waals surface area contributed by atoms with Gasteiger partial charge in [-0.15, -0.1) is 0 Å². The lowest BCUT2D eigenvalue weighted by molar-refractivity contribution is 0.0790. The van der Waals surface area contributed by atoms with E-state index in [2.05, 4.69) is 29.7 Å². The third-order valence-corrected chi connectivity index (χ3v) is 5.37. The molecule has 0 bridgehead atoms. The summed E-state index contributed by atoms with van der Waals surface area (Å²) < 4.78 is 8.43. The van der Waals surface area contributed by atoms with Crippen molar-refractivity contribution in [3.63, 3.8) is 0 Å². The average Bonchev–Trinajstić information content (AvgIpc) is 2.85. The summed E-state index contributed by atoms with van der Waals surface area (Å²) in [5, 5.41) is 4.65. The quantitative estimate of drug-likeness (QED) is 0.589. The number of aromatic nitrogens is 4. The minimum absolute atomic E-state index is 0.287. The second kappa shape index (κ2) is 7.27. The Hall–Kier alpha value is -1.67. The molecule has 0 aliphatic heterocycles. The maximum Gasteiger partial charge on any atom is 0.330 e. The maximum absolute atomic E-state index is 12.4. The number of fused-ring (bicyclic) bond motifs is 1. The SMILES string of the molecule is CCCCn1c(=O)[nH]c2nn(COCC[Si](C)(C)C)cc2c1=O. The molecule has 0 saturated heterocycles. The van der Waals surface area contributed by atoms with Crippen LogP contribution in [0.5, 0.6) is 0 Å². The minimum atomic E-state index is -1.12. The van der Waals surface area contributed by atoms with Crippen LogP contribution < -0.4 is 11.2 Å². The Balaban J connectivity index is 2.14. The van der Waals surface area contributed by atoms with Gasteiger partial charge in [-0.2, -0.15) is 5.10 Å². The van der Waals surface area contributed by atoms with Gasteiger partial charge >= 0.3 is 5.69 Å². The first kappa shape index (κ1) is 17.7. The maximum atomic E-state index is 12.4. The fourth-order valence-electron chi connectivity index (χ4n) is 2.20. The summed E-state index contributed by atoms with van der Waals surface area (Å²) in [6.07, 6.45) is 3.36. The van der Waals surface area contributed by atoms with Crippen molar-refractivity contribution in [2.45, 2.75) is 58.7 Å². The zero-order valence-corrected chi connectivity index (χ0v) is 15.4. The molecule has 0 fully saturated rings. The summed E-state index contributed by atoms with van der Waals surface area (Å²) in [4.78, 5) is 27.0. The highest BCUT2D eigenvalue weighted by molar-refractivity contribution is 6.76. The zero-order chi connectivity index (χ0) is 17.0. The van der Waals surface area contributed by atoms with Crippen LogP contribution in [0.15, 0.2) is 15.8 Å². The van der Waals surface area contributed by atoms with Crippen LogP contribution in [-0.4, -0.2) is 34.0 Å². The molecule has 2 aromatic rings. The number of nitrogens with one attached hydrogen (secondary N) is 1. The Kier molecular flexibility index (Phi) is 5.58. The number of hydrogen-bond donors (Lipinski definition) is 1. The molecule has 23 heavy (non-hydrogen) atoms. The lowest BCUT2D eigenvalue weighted by Crippen LogP contribution is -2.34. The largest absolute Gasteiger partial charge is 0.360 e. The fraction of sp³-hybridized carbons (Fsp3) is 0.667. The highest BCUT2D eigenvalue weighted by atomic mass is 28.3. The van der Waals surface area contributed by atoms with Crippen molar-refractivity contribution in [2.75, 3.05) is 6.61 Å². The van der Waals surface area contributed by atoms with Crippen molar-refractivity contribution < 1.29 is 4.74 Å². The molecule has 0 spiro atoms. The lowest BCUT2D eigenvalue weighted by Gasteiger charge is -2.15. The fourth-order valence-corrected chi connectivity index (χ4v) is 2.96. The van der Waals surface area contributed by atoms with Gasteiger partial charge < -0.3 is 4.74 Å². The molecule has 2 heterocycles. The van der Waals surface area contributed by atoms with E-state index in [1.165, 1.54) is 4.57 Å². The van der Waals surface area contributed by atoms with E-state index in [0.29, 0.717) is 24.2 Å². The van der Waals surface area contributed by atoms with Gasteiger partial charge in [0.25, 0.3) is 5.56 Å². The van der Waals surface area contributed by atoms with E-state index < -0.39 is 13.8 Å². The molecule has 0 aliphatic rings. The molecule has 0 saturated carbocycles. The van der Waals surface area contributed by atoms with Crippen molar-refractivity contribution >= 4 is 19.1 Å². The zero-order valence-electron chi connectivity index (χ0n) is 14.4. The second-order valence-electron chi connectivity index (χ2n) is 7.02. The van der Waals surface area contributed by atoms with E-state index >= 15 is 0 Å². The predicted molar refractivity (Wildman–Crippen MR) is 93.6 cm³/mol. The number of aromatic amines is 1. The Morgan fingerprint density at radius 2 is 2.04 bits per heavy atom. The molecule has 2 aromatic heterocycles. The topological polar surface area (TPSA) is 81.9 Å². The van der Waals surface area contributed by atoms with Gasteiger partial charge in [-0.1, -0.05) is 33.0 Å². The van der Waals surface area contributed by atoms with Gasteiger partial charge in [-0.05, 0) is 12.5 Å². The first-order chi connectivity index (χ1) is 10.8. The van der Waals surface area contributed by atoms with Crippen molar-refractivity contribution in [1.29, 1.82) is 0 Å². The Morgan fingerprint density at radius 3 is 2.70 bits per heavy atom. The first-order valence-electron chi connectivity index (χ1n) is 8.10. The van der Waals surface area contributed by atoms with E-state index in [0.717, 1.165) is 18.9 Å². The van der Waals surface area contributed by atoms with Gasteiger partial charge in [0.1, 0.15) is 12.1 Å². The standard InChI is InChI=1S/C15H26N4O3Si/c1-5-6-7-19-14(20)12-10-18(17-13(12)16-15(19)21)11-22-8-9-23(2,3)4/h10H,5-9,11H2,1-4H3,(H,16,17,21). The summed E-state index contributed by atoms with van der Waals surface area (Å²) in [6.45, 7) is 10.3. The van der Waals surface area contributed by atoms with Crippen molar-refractivity contribution in [3.8, 4) is 0 Å². The smallest absolute Gasteiger partial charge is 0.330 e. The van der Waals surface area contributed by atoms with Crippen molar-refractivity contribution in [1.82, 2.24) is 19.3 Å². The molecule has 0 unspecified atom stereocenters. The Morgan fingerprint density at radius 1 is 1.30 bits per heavy atom. The highest BCUT2D eigenvalue weighted by Gasteiger charge is 2.13. The molecular weight excluding hydrogens is 312 g/mol. The van der Waals surface area contributed by atoms with E-state index in [4.69, 9.17) is 4.74 Å². The van der Waals surface area contributed by atoms with Crippen molar-refractivity contribution in [3.05, 3.63) is 27.0 Å². The molecule has 1 N–H and O–H groups in total. The lowest BCUT2D eigenvalue weighted by atomic mass is 10.3. The van der Waals surface area contributed by atoms with E-state index in [1.54, 1.807) is 10.9 Å². The van der Waals surface area contributed by atoms with Gasteiger partial charge in [0, 0.05) is 27.4 Å². The second-order valence-corrected chi connectivity index (χ2v) is 12.6. The van der Waals surface area contributed by atoms with Crippen LogP contribution in [-0.2, 0) is 18.0 Å². The molecule has 0 aromatic carbocycles. The normalized spacial score (nSPS) is 12.2. The molecule has 0 radical (unpaired) electrons. The summed E-state index contributed by atoms with van der Waals surface area (Å²) in [5.41, 5.74) is -0.368. The van der Waals surface area contributed by atoms with E-state index in [-0.39, 0.29) is 12.3 Å². The average molecular weight is 338 g/mol. The van der Waals surface area contributed by atoms with Gasteiger partial charge in [0.2, 0.25) is 0 Å². The van der Waals surface area contributed by atoms with Gasteiger partial charge in [0.05, 0.1) is 0 Å². The molecule has 0 atom stereocenters. The molecule has 8 heteroatoms. The number of nitrogens with zero attached hydrogens (tertiary/aromatic N) is 3. The monoisotopic (exact) mass is 338 g/mol. The van der Waals surface area contributed by atoms with Crippen LogP contribution in [0.4, 0.5) is 0 Å². The van der Waals surface area contributed by atoms with Crippen LogP contribution in [0.1, 0.15) is 19.8 Å². The van der Waals surface area contributed by atoms with Gasteiger partial charge in [-0.25, -0.2) is 9.48 Å². The van der Waals surface area contributed by atoms with E-state index in [1.807, 2.05) is 6.92 Å². The Labute approximate surface area is 136 Å².